The van der Waals surface area contributed by atoms with E-state index in [0.717, 1.165) is 5.56 Å². The second kappa shape index (κ2) is 9.59. The van der Waals surface area contributed by atoms with E-state index in [1.807, 2.05) is 35.2 Å². The molecule has 0 atom stereocenters. The number of guanidine groups is 1. The van der Waals surface area contributed by atoms with Crippen LogP contribution in [0, 0.1) is 0 Å². The normalized spacial score (nSPS) is 14.7. The van der Waals surface area contributed by atoms with Crippen molar-refractivity contribution in [2.45, 2.75) is 6.54 Å². The maximum Gasteiger partial charge on any atom is 0.289 e. The molecule has 2 aromatic rings. The quantitative estimate of drug-likeness (QED) is 0.592. The number of amides is 2. The molecule has 2 heterocycles. The number of hydrogen-bond acceptors (Lipinski definition) is 4. The molecule has 1 aliphatic rings. The van der Waals surface area contributed by atoms with Gasteiger partial charge in [0.15, 0.2) is 11.7 Å². The molecule has 0 unspecified atom stereocenters. The van der Waals surface area contributed by atoms with E-state index < -0.39 is 0 Å². The summed E-state index contributed by atoms with van der Waals surface area (Å²) in [6.45, 7) is 3.05. The van der Waals surface area contributed by atoms with Crippen LogP contribution in [-0.4, -0.2) is 67.3 Å². The lowest BCUT2D eigenvalue weighted by Gasteiger charge is -2.36. The van der Waals surface area contributed by atoms with Gasteiger partial charge in [0.05, 0.1) is 12.8 Å². The Morgan fingerprint density at radius 2 is 1.71 bits per heavy atom. The molecule has 0 saturated carbocycles. The molecule has 3 rings (SSSR count). The molecule has 1 fully saturated rings. The van der Waals surface area contributed by atoms with Crippen molar-refractivity contribution in [3.63, 3.8) is 0 Å². The number of rotatable bonds is 5. The van der Waals surface area contributed by atoms with Gasteiger partial charge < -0.3 is 24.9 Å². The number of aliphatic imine (C=N–C) groups is 1. The molecule has 8 nitrogen and oxygen atoms in total. The molecule has 0 radical (unpaired) electrons. The van der Waals surface area contributed by atoms with Crippen molar-refractivity contribution in [1.29, 1.82) is 0 Å². The highest BCUT2D eigenvalue weighted by Crippen LogP contribution is 2.09. The number of carbonyl (C=O) groups is 2. The molecule has 148 valence electrons. The lowest BCUT2D eigenvalue weighted by Crippen LogP contribution is -2.54. The third-order valence-corrected chi connectivity index (χ3v) is 4.55. The predicted molar refractivity (Wildman–Crippen MR) is 106 cm³/mol. The summed E-state index contributed by atoms with van der Waals surface area (Å²) < 4.78 is 5.18. The van der Waals surface area contributed by atoms with Crippen LogP contribution in [0.2, 0.25) is 0 Å². The summed E-state index contributed by atoms with van der Waals surface area (Å²) in [5.74, 6) is 0.801. The van der Waals surface area contributed by atoms with Gasteiger partial charge in [0, 0.05) is 39.8 Å². The standard InChI is InChI=1S/C20H25N5O3/c1-21-20(23-15-18(26)22-14-16-6-3-2-4-7-16)25-11-9-24(10-12-25)19(27)17-8-5-13-28-17/h2-8,13H,9-12,14-15H2,1H3,(H,21,23)(H,22,26). The molecule has 8 heteroatoms. The van der Waals surface area contributed by atoms with Gasteiger partial charge in [0.2, 0.25) is 5.91 Å². The van der Waals surface area contributed by atoms with Crippen LogP contribution in [0.1, 0.15) is 16.1 Å². The Morgan fingerprint density at radius 1 is 1.00 bits per heavy atom. The fraction of sp³-hybridized carbons (Fsp3) is 0.350. The Labute approximate surface area is 164 Å². The minimum Gasteiger partial charge on any atom is -0.459 e. The zero-order valence-corrected chi connectivity index (χ0v) is 15.9. The Bertz CT molecular complexity index is 797. The fourth-order valence-electron chi connectivity index (χ4n) is 3.03. The second-order valence-electron chi connectivity index (χ2n) is 6.42. The minimum absolute atomic E-state index is 0.100. The summed E-state index contributed by atoms with van der Waals surface area (Å²) in [7, 11) is 1.69. The first kappa shape index (κ1) is 19.5. The SMILES string of the molecule is CN=C(NCC(=O)NCc1ccccc1)N1CCN(C(=O)c2ccco2)CC1. The third-order valence-electron chi connectivity index (χ3n) is 4.55. The lowest BCUT2D eigenvalue weighted by molar-refractivity contribution is -0.120. The van der Waals surface area contributed by atoms with E-state index in [0.29, 0.717) is 44.4 Å². The molecular formula is C20H25N5O3. The molecule has 1 aliphatic heterocycles. The number of piperazine rings is 1. The maximum atomic E-state index is 12.3. The van der Waals surface area contributed by atoms with Gasteiger partial charge in [-0.15, -0.1) is 0 Å². The van der Waals surface area contributed by atoms with Crippen molar-refractivity contribution in [3.05, 3.63) is 60.1 Å². The zero-order valence-electron chi connectivity index (χ0n) is 15.9. The zero-order chi connectivity index (χ0) is 19.8. The van der Waals surface area contributed by atoms with Crippen LogP contribution in [0.25, 0.3) is 0 Å². The lowest BCUT2D eigenvalue weighted by atomic mass is 10.2. The van der Waals surface area contributed by atoms with Crippen molar-refractivity contribution in [3.8, 4) is 0 Å². The van der Waals surface area contributed by atoms with Gasteiger partial charge in [0.25, 0.3) is 5.91 Å². The summed E-state index contributed by atoms with van der Waals surface area (Å²) in [6, 6.07) is 13.1. The van der Waals surface area contributed by atoms with Crippen molar-refractivity contribution in [1.82, 2.24) is 20.4 Å². The van der Waals surface area contributed by atoms with Crippen LogP contribution in [0.15, 0.2) is 58.1 Å². The van der Waals surface area contributed by atoms with Crippen LogP contribution in [0.5, 0.6) is 0 Å². The molecule has 2 amide bonds. The van der Waals surface area contributed by atoms with E-state index >= 15 is 0 Å². The van der Waals surface area contributed by atoms with Gasteiger partial charge in [-0.2, -0.15) is 0 Å². The molecular weight excluding hydrogens is 358 g/mol. The first-order chi connectivity index (χ1) is 13.7. The highest BCUT2D eigenvalue weighted by atomic mass is 16.3. The Morgan fingerprint density at radius 3 is 2.36 bits per heavy atom. The molecule has 1 saturated heterocycles. The van der Waals surface area contributed by atoms with Crippen LogP contribution >= 0.6 is 0 Å². The van der Waals surface area contributed by atoms with E-state index in [1.165, 1.54) is 6.26 Å². The largest absolute Gasteiger partial charge is 0.459 e. The Balaban J connectivity index is 1.42. The van der Waals surface area contributed by atoms with E-state index in [-0.39, 0.29) is 18.4 Å². The highest BCUT2D eigenvalue weighted by molar-refractivity contribution is 5.92. The molecule has 1 aromatic heterocycles. The summed E-state index contributed by atoms with van der Waals surface area (Å²) >= 11 is 0. The smallest absolute Gasteiger partial charge is 0.289 e. The van der Waals surface area contributed by atoms with Crippen LogP contribution < -0.4 is 10.6 Å². The number of nitrogens with one attached hydrogen (secondary N) is 2. The number of carbonyl (C=O) groups excluding carboxylic acids is 2. The van der Waals surface area contributed by atoms with Gasteiger partial charge >= 0.3 is 0 Å². The van der Waals surface area contributed by atoms with Crippen molar-refractivity contribution >= 4 is 17.8 Å². The summed E-state index contributed by atoms with van der Waals surface area (Å²) in [6.07, 6.45) is 1.50. The summed E-state index contributed by atoms with van der Waals surface area (Å²) in [5, 5.41) is 5.97. The second-order valence-corrected chi connectivity index (χ2v) is 6.42. The third kappa shape index (κ3) is 5.12. The van der Waals surface area contributed by atoms with Crippen LogP contribution in [0.3, 0.4) is 0 Å². The number of benzene rings is 1. The Kier molecular flexibility index (Phi) is 6.67. The molecule has 2 N–H and O–H groups in total. The molecule has 0 spiro atoms. The van der Waals surface area contributed by atoms with Gasteiger partial charge in [-0.3, -0.25) is 14.6 Å². The predicted octanol–water partition coefficient (Wildman–Crippen LogP) is 0.929. The van der Waals surface area contributed by atoms with E-state index in [4.69, 9.17) is 4.42 Å². The monoisotopic (exact) mass is 383 g/mol. The average Bonchev–Trinajstić information content (AvgIpc) is 3.28. The minimum atomic E-state index is -0.104. The van der Waals surface area contributed by atoms with E-state index in [9.17, 15) is 9.59 Å². The summed E-state index contributed by atoms with van der Waals surface area (Å²) in [4.78, 5) is 32.5. The molecule has 1 aromatic carbocycles. The summed E-state index contributed by atoms with van der Waals surface area (Å²) in [5.41, 5.74) is 1.05. The number of furan rings is 1. The van der Waals surface area contributed by atoms with Crippen molar-refractivity contribution in [2.75, 3.05) is 39.8 Å². The number of nitrogens with zero attached hydrogens (tertiary/aromatic N) is 3. The van der Waals surface area contributed by atoms with E-state index in [2.05, 4.69) is 15.6 Å². The maximum absolute atomic E-state index is 12.3. The van der Waals surface area contributed by atoms with Gasteiger partial charge in [-0.1, -0.05) is 30.3 Å². The Hall–Kier alpha value is -3.29. The van der Waals surface area contributed by atoms with Crippen molar-refractivity contribution < 1.29 is 14.0 Å². The van der Waals surface area contributed by atoms with Crippen LogP contribution in [0.4, 0.5) is 0 Å². The van der Waals surface area contributed by atoms with Crippen LogP contribution in [-0.2, 0) is 11.3 Å². The van der Waals surface area contributed by atoms with Crippen molar-refractivity contribution in [2.24, 2.45) is 4.99 Å². The molecule has 0 aliphatic carbocycles. The van der Waals surface area contributed by atoms with Gasteiger partial charge in [0.1, 0.15) is 0 Å². The van der Waals surface area contributed by atoms with E-state index in [1.54, 1.807) is 24.1 Å². The highest BCUT2D eigenvalue weighted by Gasteiger charge is 2.25. The fourth-order valence-corrected chi connectivity index (χ4v) is 3.03. The first-order valence-corrected chi connectivity index (χ1v) is 9.26. The average molecular weight is 383 g/mol. The van der Waals surface area contributed by atoms with Gasteiger partial charge in [-0.05, 0) is 17.7 Å². The molecule has 28 heavy (non-hydrogen) atoms. The topological polar surface area (TPSA) is 90.2 Å². The van der Waals surface area contributed by atoms with Gasteiger partial charge in [-0.25, -0.2) is 0 Å². The first-order valence-electron chi connectivity index (χ1n) is 9.26. The number of hydrogen-bond donors (Lipinski definition) is 2. The molecule has 0 bridgehead atoms.